The molecule has 3 aromatic rings. The summed E-state index contributed by atoms with van der Waals surface area (Å²) in [5.74, 6) is 0. The van der Waals surface area contributed by atoms with Gasteiger partial charge in [0.25, 0.3) is 0 Å². The van der Waals surface area contributed by atoms with Crippen LogP contribution in [0.2, 0.25) is 0 Å². The van der Waals surface area contributed by atoms with Crippen LogP contribution in [0.3, 0.4) is 0 Å². The van der Waals surface area contributed by atoms with E-state index in [0.717, 1.165) is 33.3 Å². The monoisotopic (exact) mass is 347 g/mol. The van der Waals surface area contributed by atoms with Crippen LogP contribution in [0.15, 0.2) is 46.4 Å². The third kappa shape index (κ3) is 2.51. The molecule has 0 amide bonds. The number of nitrogens with two attached hydrogens (primary N) is 1. The molecule has 2 heterocycles. The molecule has 0 aliphatic rings. The summed E-state index contributed by atoms with van der Waals surface area (Å²) >= 11 is 5.21. The molecule has 0 aliphatic heterocycles. The van der Waals surface area contributed by atoms with Crippen molar-refractivity contribution in [3.63, 3.8) is 0 Å². The maximum atomic E-state index is 6.05. The van der Waals surface area contributed by atoms with Crippen molar-refractivity contribution in [1.82, 2.24) is 4.98 Å². The van der Waals surface area contributed by atoms with E-state index in [2.05, 4.69) is 50.4 Å². The SMILES string of the molecule is CN(Cc1cccs1)c1ccc(N)c2cc(Br)cnc12. The number of anilines is 2. The molecule has 5 heteroatoms. The van der Waals surface area contributed by atoms with Gasteiger partial charge in [0.15, 0.2) is 0 Å². The van der Waals surface area contributed by atoms with Gasteiger partial charge >= 0.3 is 0 Å². The van der Waals surface area contributed by atoms with Crippen molar-refractivity contribution in [2.75, 3.05) is 17.7 Å². The Balaban J connectivity index is 2.05. The Morgan fingerprint density at radius 1 is 1.35 bits per heavy atom. The molecule has 0 saturated carbocycles. The molecule has 2 N–H and O–H groups in total. The summed E-state index contributed by atoms with van der Waals surface area (Å²) in [6, 6.07) is 10.2. The van der Waals surface area contributed by atoms with Gasteiger partial charge in [-0.05, 0) is 45.6 Å². The lowest BCUT2D eigenvalue weighted by Crippen LogP contribution is -2.16. The normalized spacial score (nSPS) is 10.9. The Hall–Kier alpha value is -1.59. The molecule has 2 aromatic heterocycles. The minimum absolute atomic E-state index is 0.752. The number of aromatic nitrogens is 1. The molecule has 0 saturated heterocycles. The van der Waals surface area contributed by atoms with Crippen LogP contribution < -0.4 is 10.6 Å². The van der Waals surface area contributed by atoms with Crippen LogP contribution in [0.4, 0.5) is 11.4 Å². The highest BCUT2D eigenvalue weighted by Crippen LogP contribution is 2.31. The largest absolute Gasteiger partial charge is 0.398 e. The Kier molecular flexibility index (Phi) is 3.63. The van der Waals surface area contributed by atoms with Gasteiger partial charge in [-0.2, -0.15) is 0 Å². The minimum Gasteiger partial charge on any atom is -0.398 e. The number of fused-ring (bicyclic) bond motifs is 1. The third-order valence-electron chi connectivity index (χ3n) is 3.21. The lowest BCUT2D eigenvalue weighted by molar-refractivity contribution is 0.944. The third-order valence-corrected chi connectivity index (χ3v) is 4.51. The number of nitrogen functional groups attached to an aromatic ring is 1. The van der Waals surface area contributed by atoms with Crippen LogP contribution >= 0.6 is 27.3 Å². The first-order chi connectivity index (χ1) is 9.65. The van der Waals surface area contributed by atoms with Crippen molar-refractivity contribution >= 4 is 49.5 Å². The highest BCUT2D eigenvalue weighted by molar-refractivity contribution is 9.10. The number of hydrogen-bond acceptors (Lipinski definition) is 4. The zero-order valence-corrected chi connectivity index (χ0v) is 13.4. The summed E-state index contributed by atoms with van der Waals surface area (Å²) in [4.78, 5) is 8.06. The van der Waals surface area contributed by atoms with Gasteiger partial charge in [0, 0.05) is 33.7 Å². The molecule has 0 radical (unpaired) electrons. The van der Waals surface area contributed by atoms with Crippen molar-refractivity contribution in [2.24, 2.45) is 0 Å². The zero-order valence-electron chi connectivity index (χ0n) is 11.0. The molecule has 0 unspecified atom stereocenters. The van der Waals surface area contributed by atoms with Crippen LogP contribution in [0.5, 0.6) is 0 Å². The lowest BCUT2D eigenvalue weighted by Gasteiger charge is -2.20. The van der Waals surface area contributed by atoms with Gasteiger partial charge in [0.05, 0.1) is 17.7 Å². The Bertz CT molecular complexity index is 740. The average molecular weight is 348 g/mol. The second-order valence-corrected chi connectivity index (χ2v) is 6.61. The summed E-state index contributed by atoms with van der Waals surface area (Å²) in [5, 5.41) is 3.08. The molecular weight excluding hydrogens is 334 g/mol. The van der Waals surface area contributed by atoms with E-state index in [-0.39, 0.29) is 0 Å². The lowest BCUT2D eigenvalue weighted by atomic mass is 10.1. The molecule has 0 bridgehead atoms. The predicted molar refractivity (Wildman–Crippen MR) is 90.3 cm³/mol. The number of nitrogens with zero attached hydrogens (tertiary/aromatic N) is 2. The van der Waals surface area contributed by atoms with Crippen molar-refractivity contribution in [3.05, 3.63) is 51.3 Å². The van der Waals surface area contributed by atoms with Gasteiger partial charge in [0.2, 0.25) is 0 Å². The van der Waals surface area contributed by atoms with Gasteiger partial charge in [-0.25, -0.2) is 0 Å². The molecule has 0 spiro atoms. The fourth-order valence-corrected chi connectivity index (χ4v) is 3.32. The second kappa shape index (κ2) is 5.42. The molecule has 1 aromatic carbocycles. The standard InChI is InChI=1S/C15H14BrN3S/c1-19(9-11-3-2-6-20-11)14-5-4-13(17)12-7-10(16)8-18-15(12)14/h2-8H,9,17H2,1H3. The Labute approximate surface area is 130 Å². The van der Waals surface area contributed by atoms with Gasteiger partial charge in [-0.15, -0.1) is 11.3 Å². The van der Waals surface area contributed by atoms with E-state index in [1.165, 1.54) is 4.88 Å². The van der Waals surface area contributed by atoms with E-state index in [1.54, 1.807) is 11.3 Å². The molecule has 3 nitrogen and oxygen atoms in total. The number of thiophene rings is 1. The highest BCUT2D eigenvalue weighted by atomic mass is 79.9. The molecule has 0 aliphatic carbocycles. The van der Waals surface area contributed by atoms with Crippen LogP contribution in [-0.2, 0) is 6.54 Å². The first-order valence-electron chi connectivity index (χ1n) is 6.22. The number of pyridine rings is 1. The van der Waals surface area contributed by atoms with Crippen molar-refractivity contribution in [3.8, 4) is 0 Å². The summed E-state index contributed by atoms with van der Waals surface area (Å²) in [7, 11) is 2.08. The minimum atomic E-state index is 0.752. The maximum Gasteiger partial charge on any atom is 0.0956 e. The van der Waals surface area contributed by atoms with Crippen LogP contribution in [0, 0.1) is 0 Å². The Morgan fingerprint density at radius 2 is 2.20 bits per heavy atom. The quantitative estimate of drug-likeness (QED) is 0.719. The predicted octanol–water partition coefficient (Wildman–Crippen LogP) is 4.28. The van der Waals surface area contributed by atoms with E-state index in [0.29, 0.717) is 0 Å². The summed E-state index contributed by atoms with van der Waals surface area (Å²) in [5.41, 5.74) is 8.83. The van der Waals surface area contributed by atoms with E-state index in [1.807, 2.05) is 24.4 Å². The number of rotatable bonds is 3. The van der Waals surface area contributed by atoms with Gasteiger partial charge < -0.3 is 10.6 Å². The second-order valence-electron chi connectivity index (χ2n) is 4.66. The van der Waals surface area contributed by atoms with E-state index < -0.39 is 0 Å². The molecule has 0 fully saturated rings. The smallest absolute Gasteiger partial charge is 0.0956 e. The average Bonchev–Trinajstić information content (AvgIpc) is 2.92. The number of benzene rings is 1. The first kappa shape index (κ1) is 13.4. The van der Waals surface area contributed by atoms with Crippen LogP contribution in [0.25, 0.3) is 10.9 Å². The summed E-state index contributed by atoms with van der Waals surface area (Å²) in [6.45, 7) is 0.869. The van der Waals surface area contributed by atoms with Crippen molar-refractivity contribution < 1.29 is 0 Å². The fraction of sp³-hybridized carbons (Fsp3) is 0.133. The van der Waals surface area contributed by atoms with Crippen LogP contribution in [0.1, 0.15) is 4.88 Å². The maximum absolute atomic E-state index is 6.05. The van der Waals surface area contributed by atoms with Gasteiger partial charge in [-0.3, -0.25) is 4.98 Å². The molecule has 3 rings (SSSR count). The number of halogens is 1. The zero-order chi connectivity index (χ0) is 14.1. The van der Waals surface area contributed by atoms with Gasteiger partial charge in [-0.1, -0.05) is 6.07 Å². The molecule has 102 valence electrons. The van der Waals surface area contributed by atoms with Gasteiger partial charge in [0.1, 0.15) is 0 Å². The Morgan fingerprint density at radius 3 is 2.95 bits per heavy atom. The van der Waals surface area contributed by atoms with Crippen molar-refractivity contribution in [1.29, 1.82) is 0 Å². The number of hydrogen-bond donors (Lipinski definition) is 1. The van der Waals surface area contributed by atoms with Crippen LogP contribution in [-0.4, -0.2) is 12.0 Å². The summed E-state index contributed by atoms with van der Waals surface area (Å²) < 4.78 is 0.940. The van der Waals surface area contributed by atoms with E-state index in [9.17, 15) is 0 Å². The topological polar surface area (TPSA) is 42.1 Å². The first-order valence-corrected chi connectivity index (χ1v) is 7.89. The molecular formula is C15H14BrN3S. The van der Waals surface area contributed by atoms with E-state index in [4.69, 9.17) is 5.73 Å². The highest BCUT2D eigenvalue weighted by Gasteiger charge is 2.11. The summed E-state index contributed by atoms with van der Waals surface area (Å²) in [6.07, 6.45) is 1.81. The fourth-order valence-electron chi connectivity index (χ4n) is 2.23. The van der Waals surface area contributed by atoms with Crippen molar-refractivity contribution in [2.45, 2.75) is 6.54 Å². The molecule has 0 atom stereocenters. The molecule has 20 heavy (non-hydrogen) atoms. The van der Waals surface area contributed by atoms with E-state index >= 15 is 0 Å².